The molecule has 21 heavy (non-hydrogen) atoms. The fourth-order valence-corrected chi connectivity index (χ4v) is 1.95. The standard InChI is InChI=1S/C15H15F2N3O/c1-2-9-4-3-5-19-14(9)8-20-15(21)10-6-13(18)12(17)7-11(10)16/h3-7H,2,8,18H2,1H3,(H,20,21). The van der Waals surface area contributed by atoms with E-state index in [-0.39, 0.29) is 17.8 Å². The Morgan fingerprint density at radius 1 is 1.33 bits per heavy atom. The van der Waals surface area contributed by atoms with Gasteiger partial charge in [0.05, 0.1) is 23.5 Å². The summed E-state index contributed by atoms with van der Waals surface area (Å²) in [7, 11) is 0. The maximum Gasteiger partial charge on any atom is 0.254 e. The number of nitrogens with zero attached hydrogens (tertiary/aromatic N) is 1. The van der Waals surface area contributed by atoms with E-state index < -0.39 is 17.5 Å². The number of aryl methyl sites for hydroxylation is 1. The van der Waals surface area contributed by atoms with Crippen LogP contribution in [0, 0.1) is 11.6 Å². The first-order valence-electron chi connectivity index (χ1n) is 6.48. The minimum atomic E-state index is -0.948. The Balaban J connectivity index is 2.14. The molecule has 0 atom stereocenters. The summed E-state index contributed by atoms with van der Waals surface area (Å²) < 4.78 is 26.6. The van der Waals surface area contributed by atoms with Gasteiger partial charge < -0.3 is 11.1 Å². The second kappa shape index (κ2) is 6.30. The van der Waals surface area contributed by atoms with Crippen LogP contribution in [-0.2, 0) is 13.0 Å². The molecule has 0 unspecified atom stereocenters. The van der Waals surface area contributed by atoms with Crippen LogP contribution in [0.1, 0.15) is 28.5 Å². The number of aromatic nitrogens is 1. The van der Waals surface area contributed by atoms with Gasteiger partial charge >= 0.3 is 0 Å². The van der Waals surface area contributed by atoms with Gasteiger partial charge in [0.25, 0.3) is 5.91 Å². The van der Waals surface area contributed by atoms with Crippen LogP contribution in [0.5, 0.6) is 0 Å². The monoisotopic (exact) mass is 291 g/mol. The molecule has 1 aromatic heterocycles. The molecule has 0 saturated heterocycles. The van der Waals surface area contributed by atoms with Gasteiger partial charge in [-0.25, -0.2) is 8.78 Å². The number of carbonyl (C=O) groups excluding carboxylic acids is 1. The lowest BCUT2D eigenvalue weighted by Gasteiger charge is -2.09. The van der Waals surface area contributed by atoms with Crippen LogP contribution in [0.25, 0.3) is 0 Å². The molecule has 6 heteroatoms. The van der Waals surface area contributed by atoms with Crippen molar-refractivity contribution < 1.29 is 13.6 Å². The number of amides is 1. The Hall–Kier alpha value is -2.50. The number of hydrogen-bond acceptors (Lipinski definition) is 3. The Bertz CT molecular complexity index is 674. The smallest absolute Gasteiger partial charge is 0.254 e. The summed E-state index contributed by atoms with van der Waals surface area (Å²) in [6, 6.07) is 5.30. The van der Waals surface area contributed by atoms with Gasteiger partial charge in [0, 0.05) is 12.3 Å². The lowest BCUT2D eigenvalue weighted by atomic mass is 10.1. The van der Waals surface area contributed by atoms with Crippen molar-refractivity contribution in [1.82, 2.24) is 10.3 Å². The van der Waals surface area contributed by atoms with Gasteiger partial charge in [0.15, 0.2) is 0 Å². The summed E-state index contributed by atoms with van der Waals surface area (Å²) in [5.41, 5.74) is 6.50. The number of carbonyl (C=O) groups is 1. The average Bonchev–Trinajstić information content (AvgIpc) is 2.48. The van der Waals surface area contributed by atoms with Gasteiger partial charge in [0.2, 0.25) is 0 Å². The first kappa shape index (κ1) is 14.9. The lowest BCUT2D eigenvalue weighted by molar-refractivity contribution is 0.0946. The fraction of sp³-hybridized carbons (Fsp3) is 0.200. The van der Waals surface area contributed by atoms with E-state index in [1.54, 1.807) is 6.20 Å². The summed E-state index contributed by atoms with van der Waals surface area (Å²) in [6.07, 6.45) is 2.40. The van der Waals surface area contributed by atoms with Gasteiger partial charge in [-0.1, -0.05) is 13.0 Å². The van der Waals surface area contributed by atoms with Crippen molar-refractivity contribution in [1.29, 1.82) is 0 Å². The maximum absolute atomic E-state index is 13.6. The molecule has 1 heterocycles. The zero-order valence-corrected chi connectivity index (χ0v) is 11.5. The molecule has 1 amide bonds. The molecule has 2 rings (SSSR count). The van der Waals surface area contributed by atoms with Crippen molar-refractivity contribution in [3.63, 3.8) is 0 Å². The minimum Gasteiger partial charge on any atom is -0.396 e. The van der Waals surface area contributed by atoms with Gasteiger partial charge in [-0.3, -0.25) is 9.78 Å². The number of nitrogens with one attached hydrogen (secondary N) is 1. The van der Waals surface area contributed by atoms with Crippen LogP contribution in [0.15, 0.2) is 30.5 Å². The highest BCUT2D eigenvalue weighted by molar-refractivity contribution is 5.95. The van der Waals surface area contributed by atoms with Crippen LogP contribution in [0.3, 0.4) is 0 Å². The summed E-state index contributed by atoms with van der Waals surface area (Å²) in [4.78, 5) is 16.1. The van der Waals surface area contributed by atoms with E-state index in [1.165, 1.54) is 0 Å². The zero-order chi connectivity index (χ0) is 15.4. The van der Waals surface area contributed by atoms with E-state index in [0.717, 1.165) is 18.1 Å². The van der Waals surface area contributed by atoms with Crippen LogP contribution in [-0.4, -0.2) is 10.9 Å². The van der Waals surface area contributed by atoms with Gasteiger partial charge in [0.1, 0.15) is 11.6 Å². The highest BCUT2D eigenvalue weighted by Crippen LogP contribution is 2.16. The van der Waals surface area contributed by atoms with Crippen molar-refractivity contribution >= 4 is 11.6 Å². The van der Waals surface area contributed by atoms with E-state index in [4.69, 9.17) is 5.73 Å². The number of rotatable bonds is 4. The molecule has 0 radical (unpaired) electrons. The summed E-state index contributed by atoms with van der Waals surface area (Å²) in [5, 5.41) is 2.56. The highest BCUT2D eigenvalue weighted by Gasteiger charge is 2.15. The molecule has 2 aromatic rings. The summed E-state index contributed by atoms with van der Waals surface area (Å²) in [5.74, 6) is -2.50. The summed E-state index contributed by atoms with van der Waals surface area (Å²) in [6.45, 7) is 2.14. The molecule has 1 aromatic carbocycles. The molecule has 0 aliphatic rings. The van der Waals surface area contributed by atoms with Gasteiger partial charge in [-0.2, -0.15) is 0 Å². The first-order valence-corrected chi connectivity index (χ1v) is 6.48. The molecule has 0 spiro atoms. The zero-order valence-electron chi connectivity index (χ0n) is 11.5. The second-order valence-electron chi connectivity index (χ2n) is 4.50. The second-order valence-corrected chi connectivity index (χ2v) is 4.50. The molecule has 0 bridgehead atoms. The lowest BCUT2D eigenvalue weighted by Crippen LogP contribution is -2.25. The summed E-state index contributed by atoms with van der Waals surface area (Å²) >= 11 is 0. The first-order chi connectivity index (χ1) is 10.0. The Labute approximate surface area is 121 Å². The topological polar surface area (TPSA) is 68.0 Å². The number of pyridine rings is 1. The Morgan fingerprint density at radius 2 is 2.10 bits per heavy atom. The maximum atomic E-state index is 13.6. The van der Waals surface area contributed by atoms with Crippen molar-refractivity contribution in [3.05, 3.63) is 58.9 Å². The quantitative estimate of drug-likeness (QED) is 0.850. The largest absolute Gasteiger partial charge is 0.396 e. The van der Waals surface area contributed by atoms with E-state index in [2.05, 4.69) is 10.3 Å². The predicted octanol–water partition coefficient (Wildman–Crippen LogP) is 2.43. The Kier molecular flexibility index (Phi) is 4.47. The minimum absolute atomic E-state index is 0.166. The Morgan fingerprint density at radius 3 is 2.81 bits per heavy atom. The van der Waals surface area contributed by atoms with Gasteiger partial charge in [-0.05, 0) is 24.1 Å². The van der Waals surface area contributed by atoms with E-state index >= 15 is 0 Å². The van der Waals surface area contributed by atoms with E-state index in [1.807, 2.05) is 19.1 Å². The van der Waals surface area contributed by atoms with Crippen LogP contribution in [0.2, 0.25) is 0 Å². The van der Waals surface area contributed by atoms with E-state index in [9.17, 15) is 13.6 Å². The number of nitrogens with two attached hydrogens (primary N) is 1. The third kappa shape index (κ3) is 3.34. The normalized spacial score (nSPS) is 10.4. The third-order valence-electron chi connectivity index (χ3n) is 3.11. The molecule has 3 N–H and O–H groups in total. The predicted molar refractivity (Wildman–Crippen MR) is 75.6 cm³/mol. The van der Waals surface area contributed by atoms with Crippen LogP contribution in [0.4, 0.5) is 14.5 Å². The van der Waals surface area contributed by atoms with Crippen molar-refractivity contribution in [3.8, 4) is 0 Å². The van der Waals surface area contributed by atoms with Crippen molar-refractivity contribution in [2.45, 2.75) is 19.9 Å². The molecule has 0 aliphatic heterocycles. The number of hydrogen-bond donors (Lipinski definition) is 2. The molecule has 0 aliphatic carbocycles. The average molecular weight is 291 g/mol. The number of anilines is 1. The number of halogens is 2. The molecular formula is C15H15F2N3O. The van der Waals surface area contributed by atoms with Crippen LogP contribution >= 0.6 is 0 Å². The molecule has 0 saturated carbocycles. The molecular weight excluding hydrogens is 276 g/mol. The van der Waals surface area contributed by atoms with Crippen LogP contribution < -0.4 is 11.1 Å². The number of benzene rings is 1. The van der Waals surface area contributed by atoms with Crippen molar-refractivity contribution in [2.75, 3.05) is 5.73 Å². The van der Waals surface area contributed by atoms with Crippen molar-refractivity contribution in [2.24, 2.45) is 0 Å². The molecule has 0 fully saturated rings. The van der Waals surface area contributed by atoms with E-state index in [0.29, 0.717) is 11.8 Å². The highest BCUT2D eigenvalue weighted by atomic mass is 19.1. The molecule has 4 nitrogen and oxygen atoms in total. The SMILES string of the molecule is CCc1cccnc1CNC(=O)c1cc(N)c(F)cc1F. The fourth-order valence-electron chi connectivity index (χ4n) is 1.95. The molecule has 110 valence electrons. The number of nitrogen functional groups attached to an aromatic ring is 1. The third-order valence-corrected chi connectivity index (χ3v) is 3.11. The van der Waals surface area contributed by atoms with Gasteiger partial charge in [-0.15, -0.1) is 0 Å².